The maximum absolute atomic E-state index is 12.8. The van der Waals surface area contributed by atoms with Crippen LogP contribution in [0.1, 0.15) is 21.5 Å². The van der Waals surface area contributed by atoms with Crippen LogP contribution in [0.25, 0.3) is 10.2 Å². The Labute approximate surface area is 193 Å². The number of esters is 1. The molecule has 6 nitrogen and oxygen atoms in total. The number of carbonyl (C=O) groups is 1. The van der Waals surface area contributed by atoms with E-state index in [0.717, 1.165) is 34.1 Å². The van der Waals surface area contributed by atoms with Gasteiger partial charge < -0.3 is 4.74 Å². The van der Waals surface area contributed by atoms with Crippen molar-refractivity contribution in [2.45, 2.75) is 22.0 Å². The summed E-state index contributed by atoms with van der Waals surface area (Å²) >= 11 is 2.56. The molecule has 0 aliphatic carbocycles. The SMILES string of the molecule is O=C(OCc1ccc(Sc2nc3ccccc3s2)c([N+](=O)[O-])c1)c1cccc(C(F)(F)F)c1. The number of fused-ring (bicyclic) bond motifs is 1. The van der Waals surface area contributed by atoms with E-state index in [2.05, 4.69) is 4.98 Å². The number of carbonyl (C=O) groups excluding carboxylic acids is 1. The number of hydrogen-bond acceptors (Lipinski definition) is 7. The minimum atomic E-state index is -4.59. The van der Waals surface area contributed by atoms with Crippen LogP contribution in [0.3, 0.4) is 0 Å². The largest absolute Gasteiger partial charge is 0.457 e. The number of ether oxygens (including phenoxy) is 1. The second-order valence-electron chi connectivity index (χ2n) is 6.76. The highest BCUT2D eigenvalue weighted by molar-refractivity contribution is 8.01. The molecule has 0 aliphatic heterocycles. The van der Waals surface area contributed by atoms with Crippen LogP contribution in [0, 0.1) is 10.1 Å². The Morgan fingerprint density at radius 2 is 1.88 bits per heavy atom. The van der Waals surface area contributed by atoms with Gasteiger partial charge in [-0.2, -0.15) is 13.2 Å². The molecule has 33 heavy (non-hydrogen) atoms. The number of aromatic nitrogens is 1. The number of halogens is 3. The van der Waals surface area contributed by atoms with Gasteiger partial charge in [0.2, 0.25) is 0 Å². The lowest BCUT2D eigenvalue weighted by molar-refractivity contribution is -0.387. The second-order valence-corrected chi connectivity index (χ2v) is 9.08. The Balaban J connectivity index is 1.49. The summed E-state index contributed by atoms with van der Waals surface area (Å²) in [4.78, 5) is 28.0. The zero-order valence-corrected chi connectivity index (χ0v) is 18.2. The number of alkyl halides is 3. The summed E-state index contributed by atoms with van der Waals surface area (Å²) < 4.78 is 45.2. The number of nitrogens with zero attached hydrogens (tertiary/aromatic N) is 2. The van der Waals surface area contributed by atoms with E-state index in [9.17, 15) is 28.1 Å². The predicted octanol–water partition coefficient (Wildman–Crippen LogP) is 6.73. The van der Waals surface area contributed by atoms with E-state index in [1.165, 1.54) is 29.5 Å². The molecule has 11 heteroatoms. The molecule has 0 radical (unpaired) electrons. The molecule has 0 spiro atoms. The number of para-hydroxylation sites is 1. The van der Waals surface area contributed by atoms with Crippen LogP contribution in [0.4, 0.5) is 18.9 Å². The summed E-state index contributed by atoms with van der Waals surface area (Å²) in [5.41, 5.74) is -0.292. The Morgan fingerprint density at radius 1 is 1.09 bits per heavy atom. The van der Waals surface area contributed by atoms with Gasteiger partial charge >= 0.3 is 12.1 Å². The van der Waals surface area contributed by atoms with E-state index in [1.54, 1.807) is 6.07 Å². The molecule has 1 aromatic heterocycles. The number of nitro groups is 1. The second kappa shape index (κ2) is 9.20. The van der Waals surface area contributed by atoms with Crippen molar-refractivity contribution in [1.82, 2.24) is 4.98 Å². The van der Waals surface area contributed by atoms with Gasteiger partial charge in [0, 0.05) is 6.07 Å². The third-order valence-electron chi connectivity index (χ3n) is 4.49. The Bertz CT molecular complexity index is 1320. The summed E-state index contributed by atoms with van der Waals surface area (Å²) in [7, 11) is 0. The molecule has 0 saturated heterocycles. The normalized spacial score (nSPS) is 11.5. The van der Waals surface area contributed by atoms with Crippen molar-refractivity contribution >= 4 is 45.0 Å². The van der Waals surface area contributed by atoms with Gasteiger partial charge in [-0.3, -0.25) is 10.1 Å². The molecule has 0 amide bonds. The van der Waals surface area contributed by atoms with E-state index in [-0.39, 0.29) is 17.9 Å². The fraction of sp³-hybridized carbons (Fsp3) is 0.0909. The van der Waals surface area contributed by atoms with Crippen molar-refractivity contribution in [3.63, 3.8) is 0 Å². The van der Waals surface area contributed by atoms with Crippen molar-refractivity contribution in [2.24, 2.45) is 0 Å². The maximum Gasteiger partial charge on any atom is 0.416 e. The molecular weight excluding hydrogens is 477 g/mol. The monoisotopic (exact) mass is 490 g/mol. The first-order chi connectivity index (χ1) is 15.7. The van der Waals surface area contributed by atoms with Crippen LogP contribution in [-0.4, -0.2) is 15.9 Å². The number of rotatable bonds is 6. The molecule has 0 unspecified atom stereocenters. The lowest BCUT2D eigenvalue weighted by Crippen LogP contribution is -2.09. The molecule has 4 rings (SSSR count). The number of benzene rings is 3. The van der Waals surface area contributed by atoms with Gasteiger partial charge in [0.05, 0.1) is 31.2 Å². The maximum atomic E-state index is 12.8. The third-order valence-corrected chi connectivity index (χ3v) is 6.65. The summed E-state index contributed by atoms with van der Waals surface area (Å²) in [6.07, 6.45) is -4.59. The smallest absolute Gasteiger partial charge is 0.416 e. The molecule has 4 aromatic rings. The zero-order chi connectivity index (χ0) is 23.6. The van der Waals surface area contributed by atoms with Gasteiger partial charge in [-0.25, -0.2) is 9.78 Å². The molecule has 1 heterocycles. The first kappa shape index (κ1) is 22.7. The minimum absolute atomic E-state index is 0.188. The van der Waals surface area contributed by atoms with Crippen LogP contribution in [0.5, 0.6) is 0 Å². The van der Waals surface area contributed by atoms with E-state index in [0.29, 0.717) is 20.9 Å². The van der Waals surface area contributed by atoms with Crippen LogP contribution in [0.15, 0.2) is 76.0 Å². The fourth-order valence-electron chi connectivity index (χ4n) is 2.93. The van der Waals surface area contributed by atoms with Crippen molar-refractivity contribution in [1.29, 1.82) is 0 Å². The lowest BCUT2D eigenvalue weighted by atomic mass is 10.1. The van der Waals surface area contributed by atoms with Crippen molar-refractivity contribution < 1.29 is 27.6 Å². The Hall–Kier alpha value is -3.44. The first-order valence-electron chi connectivity index (χ1n) is 9.36. The van der Waals surface area contributed by atoms with E-state index < -0.39 is 22.6 Å². The first-order valence-corrected chi connectivity index (χ1v) is 11.0. The van der Waals surface area contributed by atoms with Crippen molar-refractivity contribution in [3.05, 3.63) is 93.5 Å². The molecule has 3 aromatic carbocycles. The topological polar surface area (TPSA) is 82.3 Å². The van der Waals surface area contributed by atoms with Gasteiger partial charge in [0.15, 0.2) is 4.34 Å². The van der Waals surface area contributed by atoms with Crippen LogP contribution >= 0.6 is 23.1 Å². The minimum Gasteiger partial charge on any atom is -0.457 e. The highest BCUT2D eigenvalue weighted by Gasteiger charge is 2.31. The number of thiazole rings is 1. The molecule has 0 bridgehead atoms. The number of hydrogen-bond donors (Lipinski definition) is 0. The summed E-state index contributed by atoms with van der Waals surface area (Å²) in [5, 5.41) is 11.6. The lowest BCUT2D eigenvalue weighted by Gasteiger charge is -2.09. The Kier molecular flexibility index (Phi) is 6.34. The average molecular weight is 490 g/mol. The molecule has 0 N–H and O–H groups in total. The highest BCUT2D eigenvalue weighted by atomic mass is 32.2. The standard InChI is InChI=1S/C22H13F3N2O4S2/c23-22(24,25)15-5-3-4-14(11-15)20(28)31-12-13-8-9-19(17(10-13)27(29)30)33-21-26-16-6-1-2-7-18(16)32-21/h1-11H,12H2. The summed E-state index contributed by atoms with van der Waals surface area (Å²) in [6, 6.07) is 15.7. The molecule has 0 fully saturated rings. The van der Waals surface area contributed by atoms with Gasteiger partial charge in [-0.05, 0) is 42.0 Å². The van der Waals surface area contributed by atoms with Crippen LogP contribution < -0.4 is 0 Å². The quantitative estimate of drug-likeness (QED) is 0.169. The Morgan fingerprint density at radius 3 is 2.61 bits per heavy atom. The molecular formula is C22H13F3N2O4S2. The van der Waals surface area contributed by atoms with Gasteiger partial charge in [0.25, 0.3) is 5.69 Å². The van der Waals surface area contributed by atoms with Gasteiger partial charge in [-0.1, -0.05) is 36.0 Å². The fourth-order valence-corrected chi connectivity index (χ4v) is 5.03. The predicted molar refractivity (Wildman–Crippen MR) is 117 cm³/mol. The number of nitro benzene ring substituents is 1. The average Bonchev–Trinajstić information content (AvgIpc) is 3.20. The molecule has 0 atom stereocenters. The zero-order valence-electron chi connectivity index (χ0n) is 16.5. The summed E-state index contributed by atoms with van der Waals surface area (Å²) in [5.74, 6) is -0.961. The van der Waals surface area contributed by atoms with Crippen LogP contribution in [0.2, 0.25) is 0 Å². The third kappa shape index (κ3) is 5.32. The van der Waals surface area contributed by atoms with Crippen molar-refractivity contribution in [3.8, 4) is 0 Å². The summed E-state index contributed by atoms with van der Waals surface area (Å²) in [6.45, 7) is -0.331. The molecule has 168 valence electrons. The highest BCUT2D eigenvalue weighted by Crippen LogP contribution is 2.39. The van der Waals surface area contributed by atoms with Crippen LogP contribution in [-0.2, 0) is 17.5 Å². The molecule has 0 saturated carbocycles. The van der Waals surface area contributed by atoms with E-state index in [1.807, 2.05) is 24.3 Å². The van der Waals surface area contributed by atoms with Gasteiger partial charge in [-0.15, -0.1) is 11.3 Å². The van der Waals surface area contributed by atoms with E-state index in [4.69, 9.17) is 4.74 Å². The molecule has 0 aliphatic rings. The van der Waals surface area contributed by atoms with Crippen molar-refractivity contribution in [2.75, 3.05) is 0 Å². The van der Waals surface area contributed by atoms with E-state index >= 15 is 0 Å². The van der Waals surface area contributed by atoms with Gasteiger partial charge in [0.1, 0.15) is 6.61 Å².